The zero-order valence-corrected chi connectivity index (χ0v) is 22.5. The van der Waals surface area contributed by atoms with Crippen LogP contribution in [0.1, 0.15) is 47.5 Å². The number of ether oxygens (including phenoxy) is 1. The summed E-state index contributed by atoms with van der Waals surface area (Å²) in [5.74, 6) is -3.52. The number of nitrogens with zero attached hydrogens (tertiary/aromatic N) is 5. The number of aromatic amines is 1. The van der Waals surface area contributed by atoms with Gasteiger partial charge >= 0.3 is 18.3 Å². The average molecular weight is 624 g/mol. The Balaban J connectivity index is 1.48. The summed E-state index contributed by atoms with van der Waals surface area (Å²) in [4.78, 5) is 28.1. The molecule has 0 bridgehead atoms. The van der Waals surface area contributed by atoms with Gasteiger partial charge in [-0.2, -0.15) is 31.4 Å². The van der Waals surface area contributed by atoms with Crippen molar-refractivity contribution in [3.63, 3.8) is 0 Å². The predicted octanol–water partition coefficient (Wildman–Crippen LogP) is 6.69. The van der Waals surface area contributed by atoms with Gasteiger partial charge in [0.2, 0.25) is 0 Å². The molecular formula is C28H20F8N6O2. The second-order valence-electron chi connectivity index (χ2n) is 9.56. The average Bonchev–Trinajstić information content (AvgIpc) is 3.40. The zero-order chi connectivity index (χ0) is 31.8. The Kier molecular flexibility index (Phi) is 8.09. The molecule has 0 saturated carbocycles. The highest BCUT2D eigenvalue weighted by Crippen LogP contribution is 2.40. The molecule has 0 fully saturated rings. The highest BCUT2D eigenvalue weighted by atomic mass is 19.4. The Labute approximate surface area is 243 Å². The van der Waals surface area contributed by atoms with Gasteiger partial charge in [0.1, 0.15) is 11.5 Å². The van der Waals surface area contributed by atoms with E-state index in [0.717, 1.165) is 18.5 Å². The molecule has 1 atom stereocenters. The quantitative estimate of drug-likeness (QED) is 0.182. The highest BCUT2D eigenvalue weighted by Gasteiger charge is 2.39. The maximum Gasteiger partial charge on any atom is 0.417 e. The topological polar surface area (TPSA) is 96.4 Å². The fourth-order valence-corrected chi connectivity index (χ4v) is 4.43. The van der Waals surface area contributed by atoms with E-state index < -0.39 is 58.5 Å². The molecular weight excluding hydrogens is 604 g/mol. The van der Waals surface area contributed by atoms with Crippen LogP contribution in [-0.4, -0.2) is 43.7 Å². The number of hydrogen-bond donors (Lipinski definition) is 1. The molecule has 3 heterocycles. The summed E-state index contributed by atoms with van der Waals surface area (Å²) in [6.07, 6.45) is -6.33. The first-order valence-electron chi connectivity index (χ1n) is 12.9. The fraction of sp³-hybridized carbons (Fsp3) is 0.250. The summed E-state index contributed by atoms with van der Waals surface area (Å²) in [6, 6.07) is 3.36. The Bertz CT molecular complexity index is 1720. The lowest BCUT2D eigenvalue weighted by atomic mass is 10.0. The summed E-state index contributed by atoms with van der Waals surface area (Å²) in [7, 11) is 0. The Morgan fingerprint density at radius 3 is 2.41 bits per heavy atom. The third-order valence-corrected chi connectivity index (χ3v) is 6.52. The number of rotatable bonds is 7. The first kappa shape index (κ1) is 30.6. The van der Waals surface area contributed by atoms with Gasteiger partial charge in [-0.15, -0.1) is 0 Å². The maximum absolute atomic E-state index is 14.4. The number of imidazole rings is 1. The van der Waals surface area contributed by atoms with Crippen LogP contribution in [-0.2, 0) is 28.4 Å². The van der Waals surface area contributed by atoms with Crippen LogP contribution in [0, 0.1) is 11.6 Å². The van der Waals surface area contributed by atoms with Crippen molar-refractivity contribution < 1.29 is 44.7 Å². The number of nitrogens with one attached hydrogen (secondary N) is 1. The van der Waals surface area contributed by atoms with Gasteiger partial charge in [-0.05, 0) is 36.8 Å². The van der Waals surface area contributed by atoms with E-state index in [2.05, 4.69) is 25.0 Å². The second kappa shape index (κ2) is 11.7. The number of fused-ring (bicyclic) bond motifs is 1. The van der Waals surface area contributed by atoms with Gasteiger partial charge < -0.3 is 9.72 Å². The van der Waals surface area contributed by atoms with Gasteiger partial charge in [0.25, 0.3) is 0 Å². The molecule has 0 saturated heterocycles. The number of hydrogen-bond acceptors (Lipinski definition) is 7. The van der Waals surface area contributed by atoms with Crippen LogP contribution >= 0.6 is 0 Å². The van der Waals surface area contributed by atoms with Crippen molar-refractivity contribution >= 4 is 12.2 Å². The summed E-state index contributed by atoms with van der Waals surface area (Å²) in [6.45, 7) is 1.68. The van der Waals surface area contributed by atoms with Crippen molar-refractivity contribution in [1.82, 2.24) is 24.9 Å². The molecule has 0 amide bonds. The van der Waals surface area contributed by atoms with Gasteiger partial charge in [0, 0.05) is 23.5 Å². The molecule has 0 spiro atoms. The van der Waals surface area contributed by atoms with Crippen LogP contribution in [0.25, 0.3) is 22.8 Å². The minimum absolute atomic E-state index is 0.00936. The first-order valence-corrected chi connectivity index (χ1v) is 12.9. The number of alkyl halides is 6. The molecule has 1 N–H and O–H groups in total. The summed E-state index contributed by atoms with van der Waals surface area (Å²) in [5.41, 5.74) is -3.20. The molecule has 16 heteroatoms. The lowest BCUT2D eigenvalue weighted by Gasteiger charge is -2.29. The van der Waals surface area contributed by atoms with Crippen LogP contribution in [0.3, 0.4) is 0 Å². The SMILES string of the molecule is CCCOC(=O)C(c1cnc(-c2ccc(C(F)(F)F)cc2C(F)(F)F)nc1)N1Cc2[nH]c(-c3cccc(F)c3F)nc2C=N1. The molecule has 5 rings (SSSR count). The molecule has 8 nitrogen and oxygen atoms in total. The Hall–Kier alpha value is -4.89. The molecule has 1 unspecified atom stereocenters. The largest absolute Gasteiger partial charge is 0.464 e. The van der Waals surface area contributed by atoms with Crippen molar-refractivity contribution in [2.24, 2.45) is 5.10 Å². The third-order valence-electron chi connectivity index (χ3n) is 6.52. The van der Waals surface area contributed by atoms with E-state index in [0.29, 0.717) is 24.2 Å². The van der Waals surface area contributed by atoms with E-state index in [4.69, 9.17) is 4.74 Å². The second-order valence-corrected chi connectivity index (χ2v) is 9.56. The van der Waals surface area contributed by atoms with Gasteiger partial charge in [0.15, 0.2) is 23.5 Å². The monoisotopic (exact) mass is 624 g/mol. The van der Waals surface area contributed by atoms with Gasteiger partial charge in [-0.25, -0.2) is 28.5 Å². The van der Waals surface area contributed by atoms with Crippen LogP contribution in [0.15, 0.2) is 53.9 Å². The maximum atomic E-state index is 14.4. The number of esters is 1. The molecule has 2 aromatic heterocycles. The minimum Gasteiger partial charge on any atom is -0.464 e. The number of benzene rings is 2. The standard InChI is InChI=1S/C28H20F8N6O2/c1-2-8-44-26(43)23(42-13-21-20(12-39-42)40-25(41-21)17-4-3-5-19(29)22(17)30)14-10-37-24(38-11-14)16-7-6-15(27(31,32)33)9-18(16)28(34,35)36/h3-7,9-12,23H,2,8,13H2,1H3,(H,40,41). The van der Waals surface area contributed by atoms with E-state index in [1.807, 2.05) is 0 Å². The van der Waals surface area contributed by atoms with E-state index in [9.17, 15) is 39.9 Å². The van der Waals surface area contributed by atoms with Crippen LogP contribution in [0.4, 0.5) is 35.1 Å². The van der Waals surface area contributed by atoms with Crippen LogP contribution in [0.5, 0.6) is 0 Å². The van der Waals surface area contributed by atoms with E-state index >= 15 is 0 Å². The normalized spacial score (nSPS) is 14.0. The van der Waals surface area contributed by atoms with Gasteiger partial charge in [0.05, 0.1) is 41.8 Å². The summed E-state index contributed by atoms with van der Waals surface area (Å²) < 4.78 is 114. The molecule has 1 aliphatic rings. The van der Waals surface area contributed by atoms with Gasteiger partial charge in [-0.1, -0.05) is 13.0 Å². The predicted molar refractivity (Wildman–Crippen MR) is 139 cm³/mol. The molecule has 44 heavy (non-hydrogen) atoms. The molecule has 4 aromatic rings. The first-order chi connectivity index (χ1) is 20.8. The van der Waals surface area contributed by atoms with E-state index in [1.165, 1.54) is 23.4 Å². The number of carbonyl (C=O) groups excluding carboxylic acids is 1. The Morgan fingerprint density at radius 1 is 1.02 bits per heavy atom. The number of carbonyl (C=O) groups is 1. The van der Waals surface area contributed by atoms with Crippen molar-refractivity contribution in [1.29, 1.82) is 0 Å². The number of aromatic nitrogens is 4. The van der Waals surface area contributed by atoms with E-state index in [-0.39, 0.29) is 41.9 Å². The fourth-order valence-electron chi connectivity index (χ4n) is 4.43. The smallest absolute Gasteiger partial charge is 0.417 e. The minimum atomic E-state index is -5.15. The molecule has 230 valence electrons. The molecule has 2 aromatic carbocycles. The van der Waals surface area contributed by atoms with E-state index in [1.54, 1.807) is 6.92 Å². The third kappa shape index (κ3) is 6.09. The van der Waals surface area contributed by atoms with Crippen molar-refractivity contribution in [3.05, 3.63) is 88.5 Å². The van der Waals surface area contributed by atoms with Crippen molar-refractivity contribution in [2.75, 3.05) is 6.61 Å². The highest BCUT2D eigenvalue weighted by molar-refractivity contribution is 5.82. The molecule has 0 aliphatic carbocycles. The number of H-pyrrole nitrogens is 1. The van der Waals surface area contributed by atoms with Crippen LogP contribution < -0.4 is 0 Å². The zero-order valence-electron chi connectivity index (χ0n) is 22.5. The van der Waals surface area contributed by atoms with Crippen LogP contribution in [0.2, 0.25) is 0 Å². The molecule has 0 radical (unpaired) electrons. The lowest BCUT2D eigenvalue weighted by molar-refractivity contribution is -0.151. The number of hydrazone groups is 1. The van der Waals surface area contributed by atoms with Crippen molar-refractivity contribution in [2.45, 2.75) is 38.3 Å². The van der Waals surface area contributed by atoms with Crippen molar-refractivity contribution in [3.8, 4) is 22.8 Å². The summed E-state index contributed by atoms with van der Waals surface area (Å²) >= 11 is 0. The Morgan fingerprint density at radius 2 is 1.75 bits per heavy atom. The van der Waals surface area contributed by atoms with Gasteiger partial charge in [-0.3, -0.25) is 5.01 Å². The lowest BCUT2D eigenvalue weighted by Crippen LogP contribution is -2.33. The number of halogens is 8. The molecule has 1 aliphatic heterocycles. The summed E-state index contributed by atoms with van der Waals surface area (Å²) in [5, 5.41) is 5.48.